The number of carbonyl (C=O) groups excluding carboxylic acids is 2. The number of nitrogens with one attached hydrogen (secondary N) is 3. The van der Waals surface area contributed by atoms with Crippen molar-refractivity contribution in [3.63, 3.8) is 0 Å². The monoisotopic (exact) mass is 351 g/mol. The summed E-state index contributed by atoms with van der Waals surface area (Å²) in [7, 11) is 0. The number of aliphatic hydroxyl groups is 2. The summed E-state index contributed by atoms with van der Waals surface area (Å²) in [5.41, 5.74) is 0.643. The van der Waals surface area contributed by atoms with Gasteiger partial charge < -0.3 is 30.9 Å². The predicted octanol–water partition coefficient (Wildman–Crippen LogP) is 0.212. The topological polar surface area (TPSA) is 120 Å². The molecule has 8 heteroatoms. The van der Waals surface area contributed by atoms with Gasteiger partial charge in [0, 0.05) is 18.3 Å². The van der Waals surface area contributed by atoms with Crippen LogP contribution in [0.4, 0.5) is 10.5 Å². The highest BCUT2D eigenvalue weighted by Crippen LogP contribution is 2.23. The minimum atomic E-state index is -1.19. The maximum Gasteiger partial charge on any atom is 0.315 e. The average Bonchev–Trinajstić information content (AvgIpc) is 2.81. The first-order valence-electron chi connectivity index (χ1n) is 8.27. The summed E-state index contributed by atoms with van der Waals surface area (Å²) in [6, 6.07) is 8.52. The van der Waals surface area contributed by atoms with Crippen LogP contribution >= 0.6 is 0 Å². The Bertz CT molecular complexity index is 581. The number of urea groups is 1. The lowest BCUT2D eigenvalue weighted by atomic mass is 10.1. The lowest BCUT2D eigenvalue weighted by Crippen LogP contribution is -2.45. The SMILES string of the molecule is CC(C)NC(=O)NCC1OC(CC(=O)Nc2ccccc2)C(O)C1O. The van der Waals surface area contributed by atoms with Crippen molar-refractivity contribution in [3.05, 3.63) is 30.3 Å². The van der Waals surface area contributed by atoms with Gasteiger partial charge in [0.15, 0.2) is 0 Å². The van der Waals surface area contributed by atoms with Gasteiger partial charge in [-0.05, 0) is 26.0 Å². The second kappa shape index (κ2) is 8.80. The van der Waals surface area contributed by atoms with Crippen molar-refractivity contribution in [1.29, 1.82) is 0 Å². The van der Waals surface area contributed by atoms with Gasteiger partial charge in [-0.25, -0.2) is 4.79 Å². The fourth-order valence-corrected chi connectivity index (χ4v) is 2.59. The highest BCUT2D eigenvalue weighted by molar-refractivity contribution is 5.91. The van der Waals surface area contributed by atoms with Crippen LogP contribution in [0.5, 0.6) is 0 Å². The molecule has 1 heterocycles. The van der Waals surface area contributed by atoms with Crippen molar-refractivity contribution in [2.24, 2.45) is 0 Å². The average molecular weight is 351 g/mol. The number of rotatable bonds is 6. The molecular formula is C17H25N3O5. The van der Waals surface area contributed by atoms with Crippen LogP contribution in [-0.4, -0.2) is 59.2 Å². The van der Waals surface area contributed by atoms with Crippen molar-refractivity contribution < 1.29 is 24.5 Å². The Morgan fingerprint density at radius 3 is 2.40 bits per heavy atom. The molecule has 3 amide bonds. The Kier molecular flexibility index (Phi) is 6.74. The zero-order valence-electron chi connectivity index (χ0n) is 14.3. The fraction of sp³-hybridized carbons (Fsp3) is 0.529. The van der Waals surface area contributed by atoms with Crippen LogP contribution in [0.3, 0.4) is 0 Å². The molecule has 2 rings (SSSR count). The van der Waals surface area contributed by atoms with Gasteiger partial charge in [0.2, 0.25) is 5.91 Å². The molecule has 0 spiro atoms. The Morgan fingerprint density at radius 2 is 1.76 bits per heavy atom. The predicted molar refractivity (Wildman–Crippen MR) is 92.0 cm³/mol. The van der Waals surface area contributed by atoms with Gasteiger partial charge in [0.25, 0.3) is 0 Å². The minimum absolute atomic E-state index is 0.0190. The summed E-state index contributed by atoms with van der Waals surface area (Å²) in [5.74, 6) is -0.325. The summed E-state index contributed by atoms with van der Waals surface area (Å²) in [5, 5.41) is 28.0. The van der Waals surface area contributed by atoms with E-state index in [1.54, 1.807) is 24.3 Å². The molecule has 1 aliphatic heterocycles. The Hall–Kier alpha value is -2.16. The Balaban J connectivity index is 1.82. The molecule has 4 atom stereocenters. The first-order chi connectivity index (χ1) is 11.9. The van der Waals surface area contributed by atoms with E-state index >= 15 is 0 Å². The van der Waals surface area contributed by atoms with Crippen molar-refractivity contribution >= 4 is 17.6 Å². The van der Waals surface area contributed by atoms with Crippen molar-refractivity contribution in [2.45, 2.75) is 50.7 Å². The quantitative estimate of drug-likeness (QED) is 0.502. The van der Waals surface area contributed by atoms with Crippen molar-refractivity contribution in [3.8, 4) is 0 Å². The van der Waals surface area contributed by atoms with Crippen LogP contribution in [0.25, 0.3) is 0 Å². The van der Waals surface area contributed by atoms with E-state index in [4.69, 9.17) is 4.74 Å². The van der Waals surface area contributed by atoms with Gasteiger partial charge in [-0.3, -0.25) is 4.79 Å². The standard InChI is InChI=1S/C17H25N3O5/c1-10(2)19-17(24)18-9-13-16(23)15(22)12(25-13)8-14(21)20-11-6-4-3-5-7-11/h3-7,10,12-13,15-16,22-23H,8-9H2,1-2H3,(H,20,21)(H2,18,19,24). The van der Waals surface area contributed by atoms with E-state index in [1.807, 2.05) is 19.9 Å². The normalized spacial score (nSPS) is 25.6. The summed E-state index contributed by atoms with van der Waals surface area (Å²) in [4.78, 5) is 23.6. The molecule has 1 aliphatic rings. The van der Waals surface area contributed by atoms with Gasteiger partial charge in [-0.1, -0.05) is 18.2 Å². The fourth-order valence-electron chi connectivity index (χ4n) is 2.59. The lowest BCUT2D eigenvalue weighted by Gasteiger charge is -2.16. The second-order valence-corrected chi connectivity index (χ2v) is 6.32. The van der Waals surface area contributed by atoms with Crippen LogP contribution < -0.4 is 16.0 Å². The third-order valence-corrected chi connectivity index (χ3v) is 3.79. The molecule has 0 saturated carbocycles. The third-order valence-electron chi connectivity index (χ3n) is 3.79. The summed E-state index contributed by atoms with van der Waals surface area (Å²) in [6.07, 6.45) is -4.07. The molecule has 4 unspecified atom stereocenters. The number of carbonyl (C=O) groups is 2. The number of ether oxygens (including phenoxy) is 1. The molecule has 138 valence electrons. The Labute approximate surface area is 146 Å². The summed E-state index contributed by atoms with van der Waals surface area (Å²) >= 11 is 0. The molecular weight excluding hydrogens is 326 g/mol. The van der Waals surface area contributed by atoms with E-state index in [9.17, 15) is 19.8 Å². The van der Waals surface area contributed by atoms with Crippen LogP contribution in [-0.2, 0) is 9.53 Å². The lowest BCUT2D eigenvalue weighted by molar-refractivity contribution is -0.120. The highest BCUT2D eigenvalue weighted by Gasteiger charge is 2.43. The molecule has 5 N–H and O–H groups in total. The smallest absolute Gasteiger partial charge is 0.315 e. The number of amides is 3. The number of hydrogen-bond acceptors (Lipinski definition) is 5. The molecule has 1 fully saturated rings. The maximum absolute atomic E-state index is 12.1. The second-order valence-electron chi connectivity index (χ2n) is 6.32. The number of benzene rings is 1. The van der Waals surface area contributed by atoms with Crippen LogP contribution in [0.1, 0.15) is 20.3 Å². The van der Waals surface area contributed by atoms with Crippen LogP contribution in [0.2, 0.25) is 0 Å². The van der Waals surface area contributed by atoms with Crippen LogP contribution in [0, 0.1) is 0 Å². The number of para-hydroxylation sites is 1. The molecule has 8 nitrogen and oxygen atoms in total. The Morgan fingerprint density at radius 1 is 1.12 bits per heavy atom. The molecule has 1 saturated heterocycles. The van der Waals surface area contributed by atoms with E-state index in [-0.39, 0.29) is 30.9 Å². The van der Waals surface area contributed by atoms with Crippen molar-refractivity contribution in [1.82, 2.24) is 10.6 Å². The number of hydrogen-bond donors (Lipinski definition) is 5. The largest absolute Gasteiger partial charge is 0.388 e. The summed E-state index contributed by atoms with van der Waals surface area (Å²) < 4.78 is 5.55. The molecule has 0 aliphatic carbocycles. The highest BCUT2D eigenvalue weighted by atomic mass is 16.5. The number of aliphatic hydroxyl groups excluding tert-OH is 2. The molecule has 0 radical (unpaired) electrons. The van der Waals surface area contributed by atoms with E-state index in [2.05, 4.69) is 16.0 Å². The van der Waals surface area contributed by atoms with E-state index in [0.717, 1.165) is 0 Å². The zero-order chi connectivity index (χ0) is 18.4. The minimum Gasteiger partial charge on any atom is -0.388 e. The first kappa shape index (κ1) is 19.2. The first-order valence-corrected chi connectivity index (χ1v) is 8.27. The molecule has 0 aromatic heterocycles. The van der Waals surface area contributed by atoms with Gasteiger partial charge in [-0.15, -0.1) is 0 Å². The molecule has 1 aromatic rings. The van der Waals surface area contributed by atoms with Gasteiger partial charge >= 0.3 is 6.03 Å². The van der Waals surface area contributed by atoms with Gasteiger partial charge in [0.1, 0.15) is 18.3 Å². The van der Waals surface area contributed by atoms with Crippen LogP contribution in [0.15, 0.2) is 30.3 Å². The zero-order valence-corrected chi connectivity index (χ0v) is 14.3. The van der Waals surface area contributed by atoms with E-state index < -0.39 is 24.4 Å². The molecule has 25 heavy (non-hydrogen) atoms. The van der Waals surface area contributed by atoms with E-state index in [0.29, 0.717) is 5.69 Å². The van der Waals surface area contributed by atoms with Gasteiger partial charge in [0.05, 0.1) is 12.5 Å². The maximum atomic E-state index is 12.1. The molecule has 1 aromatic carbocycles. The van der Waals surface area contributed by atoms with Crippen molar-refractivity contribution in [2.75, 3.05) is 11.9 Å². The third kappa shape index (κ3) is 5.70. The number of anilines is 1. The molecule has 0 bridgehead atoms. The summed E-state index contributed by atoms with van der Waals surface area (Å²) in [6.45, 7) is 3.69. The van der Waals surface area contributed by atoms with E-state index in [1.165, 1.54) is 0 Å². The van der Waals surface area contributed by atoms with Gasteiger partial charge in [-0.2, -0.15) is 0 Å².